The molecule has 2 aromatic heterocycles. The number of oxazole rings is 1. The summed E-state index contributed by atoms with van der Waals surface area (Å²) in [6.07, 6.45) is 4.95. The van der Waals surface area contributed by atoms with E-state index in [1.54, 1.807) is 0 Å². The van der Waals surface area contributed by atoms with Crippen LogP contribution < -0.4 is 9.47 Å². The quantitative estimate of drug-likeness (QED) is 0.127. The minimum Gasteiger partial charge on any atom is -0.481 e. The van der Waals surface area contributed by atoms with Crippen LogP contribution in [0, 0.1) is 6.92 Å². The Bertz CT molecular complexity index is 1550. The van der Waals surface area contributed by atoms with Crippen molar-refractivity contribution in [3.63, 3.8) is 0 Å². The number of anilines is 1. The Balaban J connectivity index is 1.69. The molecular formula is C28H38N3O6S+. The van der Waals surface area contributed by atoms with E-state index in [4.69, 9.17) is 9.52 Å². The standard InChI is InChI=1S/C28H37N3O6S/c1-4-5-13-30(14-9-16-38(34,35)36)21-11-12-24-22(17-21)23-18-26-27(19-25(23)29(24)3)37-20(2)31(26)15-8-6-7-10-28(32)33/h11-12,17-19H,4-10,13-16H2,1-3H3,(H-,32,33,34,35,36)/p+1. The molecule has 0 amide bonds. The second-order valence-electron chi connectivity index (χ2n) is 10.1. The van der Waals surface area contributed by atoms with E-state index in [1.807, 2.05) is 14.0 Å². The predicted molar refractivity (Wildman–Crippen MR) is 149 cm³/mol. The lowest BCUT2D eigenvalue weighted by Crippen LogP contribution is -2.35. The van der Waals surface area contributed by atoms with E-state index in [1.165, 1.54) is 0 Å². The number of carboxylic acid groups (broad SMARTS) is 1. The molecule has 4 rings (SSSR count). The number of aromatic nitrogens is 2. The molecule has 0 aliphatic heterocycles. The summed E-state index contributed by atoms with van der Waals surface area (Å²) in [7, 11) is -1.94. The van der Waals surface area contributed by atoms with Crippen LogP contribution >= 0.6 is 0 Å². The number of aliphatic carboxylic acids is 1. The number of carbonyl (C=O) groups is 1. The van der Waals surface area contributed by atoms with Gasteiger partial charge in [0.2, 0.25) is 5.58 Å². The summed E-state index contributed by atoms with van der Waals surface area (Å²) in [6, 6.07) is 10.6. The van der Waals surface area contributed by atoms with Gasteiger partial charge < -0.3 is 19.0 Å². The highest BCUT2D eigenvalue weighted by Gasteiger charge is 2.22. The van der Waals surface area contributed by atoms with E-state index < -0.39 is 16.1 Å². The average molecular weight is 545 g/mol. The zero-order valence-electron chi connectivity index (χ0n) is 22.4. The van der Waals surface area contributed by atoms with E-state index in [2.05, 4.69) is 51.3 Å². The third-order valence-electron chi connectivity index (χ3n) is 7.25. The third kappa shape index (κ3) is 6.30. The predicted octanol–water partition coefficient (Wildman–Crippen LogP) is 5.20. The van der Waals surface area contributed by atoms with Crippen molar-refractivity contribution < 1.29 is 31.9 Å². The normalized spacial score (nSPS) is 12.2. The molecule has 9 nitrogen and oxygen atoms in total. The summed E-state index contributed by atoms with van der Waals surface area (Å²) in [5.74, 6) is -0.185. The van der Waals surface area contributed by atoms with Gasteiger partial charge in [-0.15, -0.1) is 0 Å². The molecule has 0 atom stereocenters. The van der Waals surface area contributed by atoms with E-state index >= 15 is 0 Å². The molecule has 0 unspecified atom stereocenters. The smallest absolute Gasteiger partial charge is 0.344 e. The van der Waals surface area contributed by atoms with Gasteiger partial charge in [0.05, 0.1) is 18.2 Å². The van der Waals surface area contributed by atoms with Crippen molar-refractivity contribution in [1.82, 2.24) is 4.57 Å². The zero-order valence-corrected chi connectivity index (χ0v) is 23.3. The number of benzene rings is 2. The summed E-state index contributed by atoms with van der Waals surface area (Å²) in [6.45, 7) is 6.20. The molecule has 206 valence electrons. The van der Waals surface area contributed by atoms with Gasteiger partial charge in [-0.3, -0.25) is 9.35 Å². The van der Waals surface area contributed by atoms with Gasteiger partial charge >= 0.3 is 11.9 Å². The number of fused-ring (bicyclic) bond motifs is 4. The Morgan fingerprint density at radius 2 is 1.76 bits per heavy atom. The number of carboxylic acids is 1. The van der Waals surface area contributed by atoms with Gasteiger partial charge in [0.1, 0.15) is 0 Å². The summed E-state index contributed by atoms with van der Waals surface area (Å²) in [5.41, 5.74) is 5.03. The molecule has 0 radical (unpaired) electrons. The first-order valence-corrected chi connectivity index (χ1v) is 15.0. The van der Waals surface area contributed by atoms with Crippen LogP contribution in [0.25, 0.3) is 32.9 Å². The zero-order chi connectivity index (χ0) is 27.4. The molecule has 0 saturated heterocycles. The molecule has 10 heteroatoms. The van der Waals surface area contributed by atoms with Crippen LogP contribution in [0.3, 0.4) is 0 Å². The van der Waals surface area contributed by atoms with Crippen molar-refractivity contribution in [2.75, 3.05) is 23.7 Å². The maximum atomic E-state index is 11.3. The van der Waals surface area contributed by atoms with Crippen molar-refractivity contribution in [1.29, 1.82) is 0 Å². The molecule has 38 heavy (non-hydrogen) atoms. The van der Waals surface area contributed by atoms with Crippen molar-refractivity contribution in [2.45, 2.75) is 65.3 Å². The maximum absolute atomic E-state index is 11.3. The van der Waals surface area contributed by atoms with Gasteiger partial charge in [0.25, 0.3) is 15.6 Å². The Labute approximate surface area is 223 Å². The first kappa shape index (κ1) is 27.9. The molecule has 0 fully saturated rings. The van der Waals surface area contributed by atoms with Crippen LogP contribution in [-0.2, 0) is 28.5 Å². The van der Waals surface area contributed by atoms with Crippen molar-refractivity contribution >= 4 is 54.7 Å². The van der Waals surface area contributed by atoms with Crippen molar-refractivity contribution in [3.05, 3.63) is 36.2 Å². The fraction of sp³-hybridized carbons (Fsp3) is 0.500. The van der Waals surface area contributed by atoms with E-state index in [9.17, 15) is 17.8 Å². The highest BCUT2D eigenvalue weighted by atomic mass is 32.2. The second kappa shape index (κ2) is 11.7. The fourth-order valence-corrected chi connectivity index (χ4v) is 5.74. The molecule has 0 bridgehead atoms. The molecule has 0 spiro atoms. The molecule has 2 heterocycles. The van der Waals surface area contributed by atoms with Gasteiger partial charge in [-0.2, -0.15) is 13.0 Å². The minimum absolute atomic E-state index is 0.194. The van der Waals surface area contributed by atoms with Gasteiger partial charge in [-0.1, -0.05) is 13.3 Å². The van der Waals surface area contributed by atoms with Crippen molar-refractivity contribution in [2.24, 2.45) is 7.05 Å². The summed E-state index contributed by atoms with van der Waals surface area (Å²) < 4.78 is 42.1. The number of unbranched alkanes of at least 4 members (excludes halogenated alkanes) is 3. The minimum atomic E-state index is -3.99. The Morgan fingerprint density at radius 1 is 1.03 bits per heavy atom. The highest BCUT2D eigenvalue weighted by Crippen LogP contribution is 2.34. The SMILES string of the molecule is CCCCN(CCCS(=O)(=O)O)c1ccc2c(c1)c1cc3c(cc1n2C)oc(C)[n+]3CCCCCC(=O)O. The lowest BCUT2D eigenvalue weighted by Gasteiger charge is -2.25. The highest BCUT2D eigenvalue weighted by molar-refractivity contribution is 7.85. The Hall–Kier alpha value is -3.11. The molecule has 0 saturated carbocycles. The summed E-state index contributed by atoms with van der Waals surface area (Å²) in [4.78, 5) is 13.0. The van der Waals surface area contributed by atoms with Gasteiger partial charge in [0, 0.05) is 67.1 Å². The molecule has 0 aliphatic carbocycles. The van der Waals surface area contributed by atoms with Gasteiger partial charge in [-0.25, -0.2) is 0 Å². The second-order valence-corrected chi connectivity index (χ2v) is 11.6. The van der Waals surface area contributed by atoms with Crippen LogP contribution in [-0.4, -0.2) is 47.5 Å². The average Bonchev–Trinajstić information content (AvgIpc) is 3.31. The number of hydrogen-bond donors (Lipinski definition) is 2. The molecule has 4 aromatic rings. The Morgan fingerprint density at radius 3 is 2.47 bits per heavy atom. The lowest BCUT2D eigenvalue weighted by molar-refractivity contribution is -0.683. The number of rotatable bonds is 14. The Kier molecular flexibility index (Phi) is 8.62. The molecular weight excluding hydrogens is 506 g/mol. The van der Waals surface area contributed by atoms with Crippen LogP contribution in [0.15, 0.2) is 34.7 Å². The monoisotopic (exact) mass is 544 g/mol. The lowest BCUT2D eigenvalue weighted by atomic mass is 10.1. The molecule has 2 N–H and O–H groups in total. The van der Waals surface area contributed by atoms with E-state index in [-0.39, 0.29) is 12.2 Å². The third-order valence-corrected chi connectivity index (χ3v) is 8.05. The van der Waals surface area contributed by atoms with E-state index in [0.29, 0.717) is 19.4 Å². The number of hydrogen-bond acceptors (Lipinski definition) is 5. The largest absolute Gasteiger partial charge is 0.481 e. The number of nitrogens with zero attached hydrogens (tertiary/aromatic N) is 3. The van der Waals surface area contributed by atoms with Crippen LogP contribution in [0.1, 0.15) is 57.8 Å². The van der Waals surface area contributed by atoms with Crippen LogP contribution in [0.2, 0.25) is 0 Å². The summed E-state index contributed by atoms with van der Waals surface area (Å²) in [5, 5.41) is 11.1. The fourth-order valence-electron chi connectivity index (χ4n) is 5.24. The van der Waals surface area contributed by atoms with Gasteiger partial charge in [0.15, 0.2) is 6.54 Å². The van der Waals surface area contributed by atoms with Crippen LogP contribution in [0.4, 0.5) is 5.69 Å². The first-order chi connectivity index (χ1) is 18.1. The van der Waals surface area contributed by atoms with Crippen LogP contribution in [0.5, 0.6) is 0 Å². The maximum Gasteiger partial charge on any atom is 0.344 e. The molecule has 2 aromatic carbocycles. The first-order valence-electron chi connectivity index (χ1n) is 13.4. The van der Waals surface area contributed by atoms with Crippen molar-refractivity contribution in [3.8, 4) is 0 Å². The molecule has 0 aliphatic rings. The summed E-state index contributed by atoms with van der Waals surface area (Å²) >= 11 is 0. The van der Waals surface area contributed by atoms with Gasteiger partial charge in [-0.05, 0) is 43.9 Å². The topological polar surface area (TPSA) is 117 Å². The number of aryl methyl sites for hydroxylation is 3. The van der Waals surface area contributed by atoms with E-state index in [0.717, 1.165) is 83.3 Å².